The van der Waals surface area contributed by atoms with Crippen molar-refractivity contribution in [1.29, 1.82) is 0 Å². The monoisotopic (exact) mass is 324 g/mol. The van der Waals surface area contributed by atoms with Gasteiger partial charge in [-0.2, -0.15) is 0 Å². The largest absolute Gasteiger partial charge is 0.497 e. The number of allylic oxidation sites excluding steroid dienone is 2. The fourth-order valence-electron chi connectivity index (χ4n) is 3.51. The van der Waals surface area contributed by atoms with E-state index in [9.17, 15) is 14.4 Å². The molecule has 1 aromatic carbocycles. The van der Waals surface area contributed by atoms with Crippen LogP contribution in [-0.2, 0) is 14.3 Å². The predicted molar refractivity (Wildman–Crippen MR) is 84.4 cm³/mol. The molecule has 5 heteroatoms. The minimum atomic E-state index is -0.738. The third-order valence-corrected chi connectivity index (χ3v) is 4.79. The summed E-state index contributed by atoms with van der Waals surface area (Å²) >= 11 is 0. The van der Waals surface area contributed by atoms with Gasteiger partial charge in [0.15, 0.2) is 5.78 Å². The van der Waals surface area contributed by atoms with Gasteiger partial charge in [-0.25, -0.2) is 4.79 Å². The highest BCUT2D eigenvalue weighted by molar-refractivity contribution is 6.28. The van der Waals surface area contributed by atoms with Crippen LogP contribution in [0.1, 0.15) is 36.0 Å². The molecular weight excluding hydrogens is 308 g/mol. The van der Waals surface area contributed by atoms with Gasteiger partial charge in [0.1, 0.15) is 17.4 Å². The van der Waals surface area contributed by atoms with Gasteiger partial charge >= 0.3 is 5.97 Å². The molecule has 3 aliphatic rings. The molecule has 0 amide bonds. The second-order valence-corrected chi connectivity index (χ2v) is 6.28. The summed E-state index contributed by atoms with van der Waals surface area (Å²) in [6.45, 7) is 0. The maximum atomic E-state index is 12.6. The third kappa shape index (κ3) is 2.37. The third-order valence-electron chi connectivity index (χ3n) is 4.79. The van der Waals surface area contributed by atoms with Crippen LogP contribution in [0.4, 0.5) is 0 Å². The first-order valence-corrected chi connectivity index (χ1v) is 8.12. The van der Waals surface area contributed by atoms with Crippen LogP contribution in [0, 0.1) is 5.92 Å². The van der Waals surface area contributed by atoms with E-state index in [-0.39, 0.29) is 34.7 Å². The molecule has 4 rings (SSSR count). The van der Waals surface area contributed by atoms with Crippen molar-refractivity contribution in [2.75, 3.05) is 0 Å². The Kier molecular flexibility index (Phi) is 3.56. The Morgan fingerprint density at radius 1 is 1.04 bits per heavy atom. The molecule has 2 unspecified atom stereocenters. The van der Waals surface area contributed by atoms with Crippen molar-refractivity contribution < 1.29 is 23.9 Å². The first-order chi connectivity index (χ1) is 11.6. The van der Waals surface area contributed by atoms with Crippen molar-refractivity contribution in [1.82, 2.24) is 0 Å². The zero-order valence-corrected chi connectivity index (χ0v) is 13.0. The number of carbonyl (C=O) groups excluding carboxylic acids is 3. The predicted octanol–water partition coefficient (Wildman–Crippen LogP) is 2.76. The van der Waals surface area contributed by atoms with Gasteiger partial charge in [0, 0.05) is 0 Å². The van der Waals surface area contributed by atoms with Gasteiger partial charge in [0.05, 0.1) is 23.3 Å². The molecule has 122 valence electrons. The smallest absolute Gasteiger partial charge is 0.347 e. The summed E-state index contributed by atoms with van der Waals surface area (Å²) in [6.07, 6.45) is 6.31. The summed E-state index contributed by atoms with van der Waals surface area (Å²) in [5.74, 6) is -1.16. The van der Waals surface area contributed by atoms with E-state index >= 15 is 0 Å². The Morgan fingerprint density at radius 2 is 1.83 bits per heavy atom. The number of Topliss-reactive ketones (excluding diaryl/α,β-unsaturated/α-hetero) is 2. The van der Waals surface area contributed by atoms with Gasteiger partial charge in [-0.3, -0.25) is 9.59 Å². The molecule has 24 heavy (non-hydrogen) atoms. The number of benzene rings is 1. The summed E-state index contributed by atoms with van der Waals surface area (Å²) in [7, 11) is 0. The zero-order valence-electron chi connectivity index (χ0n) is 13.0. The first kappa shape index (κ1) is 14.9. The zero-order chi connectivity index (χ0) is 16.7. The number of ether oxygens (including phenoxy) is 2. The Labute approximate surface area is 138 Å². The number of carbonyl (C=O) groups is 3. The van der Waals surface area contributed by atoms with Crippen LogP contribution in [0.5, 0.6) is 5.75 Å². The van der Waals surface area contributed by atoms with Gasteiger partial charge in [-0.05, 0) is 37.5 Å². The lowest BCUT2D eigenvalue weighted by Gasteiger charge is -2.33. The standard InChI is InChI=1S/C19H16O5/c20-17-11(10-23-15-7-3-1-5-12(15)17)9-14-18(21)13-6-2-4-8-16(13)24-19(14)22/h2,4,6,8-10,12,15H,1,3,5,7H2/b14-9-. The first-order valence-electron chi connectivity index (χ1n) is 8.12. The van der Waals surface area contributed by atoms with Crippen LogP contribution in [-0.4, -0.2) is 23.6 Å². The van der Waals surface area contributed by atoms with Gasteiger partial charge in [0.2, 0.25) is 5.78 Å². The van der Waals surface area contributed by atoms with Crippen LogP contribution in [0.15, 0.2) is 47.7 Å². The van der Waals surface area contributed by atoms with Crippen molar-refractivity contribution in [2.24, 2.45) is 5.92 Å². The van der Waals surface area contributed by atoms with E-state index in [2.05, 4.69) is 0 Å². The SMILES string of the molecule is O=C1Oc2ccccc2C(=O)/C1=C/C1=COC2CCCCC2C1=O. The summed E-state index contributed by atoms with van der Waals surface area (Å²) < 4.78 is 10.8. The lowest BCUT2D eigenvalue weighted by molar-refractivity contribution is -0.130. The van der Waals surface area contributed by atoms with E-state index in [0.717, 1.165) is 25.7 Å². The molecule has 0 bridgehead atoms. The van der Waals surface area contributed by atoms with Gasteiger partial charge in [-0.15, -0.1) is 0 Å². The van der Waals surface area contributed by atoms with E-state index in [1.165, 1.54) is 12.3 Å². The number of esters is 1. The fourth-order valence-corrected chi connectivity index (χ4v) is 3.51. The molecule has 1 saturated carbocycles. The van der Waals surface area contributed by atoms with Crippen LogP contribution in [0.25, 0.3) is 0 Å². The summed E-state index contributed by atoms with van der Waals surface area (Å²) in [4.78, 5) is 37.3. The Hall–Kier alpha value is -2.69. The maximum Gasteiger partial charge on any atom is 0.347 e. The average Bonchev–Trinajstić information content (AvgIpc) is 2.60. The molecule has 0 radical (unpaired) electrons. The fraction of sp³-hybridized carbons (Fsp3) is 0.316. The maximum absolute atomic E-state index is 12.6. The van der Waals surface area contributed by atoms with Crippen molar-refractivity contribution >= 4 is 17.5 Å². The van der Waals surface area contributed by atoms with Crippen molar-refractivity contribution in [3.63, 3.8) is 0 Å². The lowest BCUT2D eigenvalue weighted by Crippen LogP contribution is -2.37. The molecule has 2 atom stereocenters. The van der Waals surface area contributed by atoms with Gasteiger partial charge in [0.25, 0.3) is 0 Å². The number of hydrogen-bond acceptors (Lipinski definition) is 5. The Morgan fingerprint density at radius 3 is 2.71 bits per heavy atom. The van der Waals surface area contributed by atoms with Crippen LogP contribution < -0.4 is 4.74 Å². The molecule has 0 saturated heterocycles. The van der Waals surface area contributed by atoms with Gasteiger partial charge < -0.3 is 9.47 Å². The van der Waals surface area contributed by atoms with Crippen LogP contribution in [0.3, 0.4) is 0 Å². The minimum Gasteiger partial charge on any atom is -0.497 e. The molecule has 1 aromatic rings. The number of para-hydroxylation sites is 1. The molecule has 2 aliphatic heterocycles. The molecule has 0 spiro atoms. The molecule has 0 N–H and O–H groups in total. The number of ketones is 2. The second kappa shape index (κ2) is 5.74. The van der Waals surface area contributed by atoms with E-state index in [1.54, 1.807) is 24.3 Å². The topological polar surface area (TPSA) is 69.7 Å². The second-order valence-electron chi connectivity index (χ2n) is 6.28. The Bertz CT molecular complexity index is 802. The molecule has 1 aliphatic carbocycles. The molecule has 2 heterocycles. The highest BCUT2D eigenvalue weighted by Gasteiger charge is 2.38. The minimum absolute atomic E-state index is 0.0575. The van der Waals surface area contributed by atoms with Crippen LogP contribution in [0.2, 0.25) is 0 Å². The number of hydrogen-bond donors (Lipinski definition) is 0. The lowest BCUT2D eigenvalue weighted by atomic mass is 9.80. The highest BCUT2D eigenvalue weighted by atomic mass is 16.5. The molecular formula is C19H16O5. The van der Waals surface area contributed by atoms with Crippen molar-refractivity contribution in [3.05, 3.63) is 53.3 Å². The quantitative estimate of drug-likeness (QED) is 0.344. The summed E-state index contributed by atoms with van der Waals surface area (Å²) in [5, 5.41) is 0. The number of rotatable bonds is 1. The highest BCUT2D eigenvalue weighted by Crippen LogP contribution is 2.34. The van der Waals surface area contributed by atoms with E-state index < -0.39 is 11.8 Å². The number of fused-ring (bicyclic) bond motifs is 2. The van der Waals surface area contributed by atoms with E-state index in [4.69, 9.17) is 9.47 Å². The normalized spacial score (nSPS) is 27.8. The van der Waals surface area contributed by atoms with Crippen molar-refractivity contribution in [3.8, 4) is 5.75 Å². The van der Waals surface area contributed by atoms with Crippen molar-refractivity contribution in [2.45, 2.75) is 31.8 Å². The summed E-state index contributed by atoms with van der Waals surface area (Å²) in [5.41, 5.74) is 0.452. The van der Waals surface area contributed by atoms with E-state index in [0.29, 0.717) is 5.56 Å². The molecule has 1 fully saturated rings. The van der Waals surface area contributed by atoms with Gasteiger partial charge in [-0.1, -0.05) is 18.6 Å². The molecule has 0 aromatic heterocycles. The average molecular weight is 324 g/mol. The summed E-state index contributed by atoms with van der Waals surface area (Å²) in [6, 6.07) is 6.57. The van der Waals surface area contributed by atoms with E-state index in [1.807, 2.05) is 0 Å². The van der Waals surface area contributed by atoms with Crippen LogP contribution >= 0.6 is 0 Å². The molecule has 5 nitrogen and oxygen atoms in total. The Balaban J connectivity index is 1.68.